The summed E-state index contributed by atoms with van der Waals surface area (Å²) in [6.45, 7) is 2.12. The highest BCUT2D eigenvalue weighted by Crippen LogP contribution is 2.29. The lowest BCUT2D eigenvalue weighted by atomic mass is 10.1. The smallest absolute Gasteiger partial charge is 0.243 e. The number of carbonyl (C=O) groups excluding carboxylic acids is 1. The number of nitrogens with one attached hydrogen (secondary N) is 1. The van der Waals surface area contributed by atoms with Crippen molar-refractivity contribution in [2.75, 3.05) is 19.0 Å². The van der Waals surface area contributed by atoms with Crippen LogP contribution in [0.3, 0.4) is 0 Å². The SMILES string of the molecule is COCC(N)C(=O)Nc1ccccc1OC(C)c1ccccc1. The van der Waals surface area contributed by atoms with E-state index in [0.717, 1.165) is 5.56 Å². The van der Waals surface area contributed by atoms with Gasteiger partial charge in [0.1, 0.15) is 17.9 Å². The summed E-state index contributed by atoms with van der Waals surface area (Å²) in [6, 6.07) is 16.5. The van der Waals surface area contributed by atoms with Gasteiger partial charge in [-0.15, -0.1) is 0 Å². The second-order valence-corrected chi connectivity index (χ2v) is 5.22. The maximum Gasteiger partial charge on any atom is 0.243 e. The maximum atomic E-state index is 12.0. The first-order valence-electron chi connectivity index (χ1n) is 7.48. The minimum Gasteiger partial charge on any atom is -0.484 e. The van der Waals surface area contributed by atoms with E-state index in [-0.39, 0.29) is 18.6 Å². The van der Waals surface area contributed by atoms with Gasteiger partial charge >= 0.3 is 0 Å². The van der Waals surface area contributed by atoms with E-state index in [1.807, 2.05) is 55.5 Å². The molecule has 0 fully saturated rings. The zero-order chi connectivity index (χ0) is 16.7. The molecule has 0 aliphatic heterocycles. The van der Waals surface area contributed by atoms with E-state index in [9.17, 15) is 4.79 Å². The van der Waals surface area contributed by atoms with Gasteiger partial charge in [0.15, 0.2) is 0 Å². The van der Waals surface area contributed by atoms with Crippen molar-refractivity contribution in [2.45, 2.75) is 19.1 Å². The van der Waals surface area contributed by atoms with Gasteiger partial charge in [0.2, 0.25) is 5.91 Å². The third-order valence-corrected chi connectivity index (χ3v) is 3.40. The topological polar surface area (TPSA) is 73.6 Å². The Labute approximate surface area is 136 Å². The molecule has 0 aliphatic rings. The Morgan fingerprint density at radius 1 is 1.13 bits per heavy atom. The van der Waals surface area contributed by atoms with Gasteiger partial charge in [0.25, 0.3) is 0 Å². The van der Waals surface area contributed by atoms with E-state index < -0.39 is 6.04 Å². The molecule has 1 amide bonds. The maximum absolute atomic E-state index is 12.0. The first-order valence-corrected chi connectivity index (χ1v) is 7.48. The molecule has 2 rings (SSSR count). The molecule has 3 N–H and O–H groups in total. The third-order valence-electron chi connectivity index (χ3n) is 3.40. The highest BCUT2D eigenvalue weighted by Gasteiger charge is 2.16. The van der Waals surface area contributed by atoms with Crippen molar-refractivity contribution in [2.24, 2.45) is 5.73 Å². The van der Waals surface area contributed by atoms with Gasteiger partial charge < -0.3 is 20.5 Å². The summed E-state index contributed by atoms with van der Waals surface area (Å²) >= 11 is 0. The zero-order valence-corrected chi connectivity index (χ0v) is 13.4. The number of methoxy groups -OCH3 is 1. The van der Waals surface area contributed by atoms with Gasteiger partial charge in [0.05, 0.1) is 12.3 Å². The molecule has 2 unspecified atom stereocenters. The molecule has 0 spiro atoms. The summed E-state index contributed by atoms with van der Waals surface area (Å²) in [6.07, 6.45) is -0.137. The predicted octanol–water partition coefficient (Wildman–Crippen LogP) is 2.74. The summed E-state index contributed by atoms with van der Waals surface area (Å²) in [5.41, 5.74) is 7.39. The van der Waals surface area contributed by atoms with Crippen LogP contribution in [0.4, 0.5) is 5.69 Å². The van der Waals surface area contributed by atoms with Crippen LogP contribution in [-0.2, 0) is 9.53 Å². The Bertz CT molecular complexity index is 631. The normalized spacial score (nSPS) is 13.2. The first-order chi connectivity index (χ1) is 11.1. The van der Waals surface area contributed by atoms with Crippen LogP contribution in [0.2, 0.25) is 0 Å². The van der Waals surface area contributed by atoms with Crippen molar-refractivity contribution in [3.63, 3.8) is 0 Å². The second-order valence-electron chi connectivity index (χ2n) is 5.22. The average Bonchev–Trinajstić information content (AvgIpc) is 2.57. The fraction of sp³-hybridized carbons (Fsp3) is 0.278. The summed E-state index contributed by atoms with van der Waals surface area (Å²) in [5.74, 6) is 0.289. The van der Waals surface area contributed by atoms with Crippen LogP contribution in [0.15, 0.2) is 54.6 Å². The summed E-state index contributed by atoms with van der Waals surface area (Å²) in [5, 5.41) is 2.78. The molecule has 0 radical (unpaired) electrons. The molecule has 0 saturated carbocycles. The fourth-order valence-corrected chi connectivity index (χ4v) is 2.14. The van der Waals surface area contributed by atoms with Crippen molar-refractivity contribution in [3.05, 3.63) is 60.2 Å². The van der Waals surface area contributed by atoms with Crippen LogP contribution < -0.4 is 15.8 Å². The average molecular weight is 314 g/mol. The minimum absolute atomic E-state index is 0.137. The van der Waals surface area contributed by atoms with Gasteiger partial charge in [-0.05, 0) is 24.6 Å². The largest absolute Gasteiger partial charge is 0.484 e. The Balaban J connectivity index is 2.10. The molecule has 0 aliphatic carbocycles. The summed E-state index contributed by atoms with van der Waals surface area (Å²) < 4.78 is 10.9. The molecule has 2 atom stereocenters. The monoisotopic (exact) mass is 314 g/mol. The van der Waals surface area contributed by atoms with Crippen molar-refractivity contribution >= 4 is 11.6 Å². The van der Waals surface area contributed by atoms with Crippen LogP contribution in [0.25, 0.3) is 0 Å². The standard InChI is InChI=1S/C18H22N2O3/c1-13(14-8-4-3-5-9-14)23-17-11-7-6-10-16(17)20-18(21)15(19)12-22-2/h3-11,13,15H,12,19H2,1-2H3,(H,20,21). The van der Waals surface area contributed by atoms with Gasteiger partial charge in [0, 0.05) is 7.11 Å². The number of anilines is 1. The molecule has 0 saturated heterocycles. The number of carbonyl (C=O) groups is 1. The molecule has 5 heteroatoms. The second kappa shape index (κ2) is 8.31. The Morgan fingerprint density at radius 3 is 2.48 bits per heavy atom. The number of benzene rings is 2. The van der Waals surface area contributed by atoms with Gasteiger partial charge in [-0.1, -0.05) is 42.5 Å². The summed E-state index contributed by atoms with van der Waals surface area (Å²) in [4.78, 5) is 12.0. The van der Waals surface area contributed by atoms with E-state index in [4.69, 9.17) is 15.2 Å². The lowest BCUT2D eigenvalue weighted by Crippen LogP contribution is -2.39. The van der Waals surface area contributed by atoms with E-state index >= 15 is 0 Å². The molecule has 2 aromatic carbocycles. The van der Waals surface area contributed by atoms with Gasteiger partial charge in [-0.3, -0.25) is 4.79 Å². The molecular weight excluding hydrogens is 292 g/mol. The Kier molecular flexibility index (Phi) is 6.14. The van der Waals surface area contributed by atoms with Gasteiger partial charge in [-0.25, -0.2) is 0 Å². The minimum atomic E-state index is -0.723. The Morgan fingerprint density at radius 2 is 1.78 bits per heavy atom. The Hall–Kier alpha value is -2.37. The van der Waals surface area contributed by atoms with E-state index in [0.29, 0.717) is 11.4 Å². The van der Waals surface area contributed by atoms with Crippen LogP contribution in [0, 0.1) is 0 Å². The molecule has 122 valence electrons. The number of amides is 1. The molecule has 0 heterocycles. The number of ether oxygens (including phenoxy) is 2. The zero-order valence-electron chi connectivity index (χ0n) is 13.4. The van der Waals surface area contributed by atoms with Crippen molar-refractivity contribution in [3.8, 4) is 5.75 Å². The number of nitrogens with two attached hydrogens (primary N) is 1. The lowest BCUT2D eigenvalue weighted by molar-refractivity contribution is -0.118. The van der Waals surface area contributed by atoms with Crippen LogP contribution in [-0.4, -0.2) is 25.7 Å². The highest BCUT2D eigenvalue weighted by molar-refractivity contribution is 5.96. The van der Waals surface area contributed by atoms with Crippen LogP contribution >= 0.6 is 0 Å². The molecule has 23 heavy (non-hydrogen) atoms. The number of hydrogen-bond donors (Lipinski definition) is 2. The van der Waals surface area contributed by atoms with E-state index in [1.54, 1.807) is 6.07 Å². The van der Waals surface area contributed by atoms with Crippen molar-refractivity contribution in [1.29, 1.82) is 0 Å². The summed E-state index contributed by atoms with van der Waals surface area (Å²) in [7, 11) is 1.51. The first kappa shape index (κ1) is 17.0. The molecular formula is C18H22N2O3. The fourth-order valence-electron chi connectivity index (χ4n) is 2.14. The van der Waals surface area contributed by atoms with Crippen molar-refractivity contribution < 1.29 is 14.3 Å². The highest BCUT2D eigenvalue weighted by atomic mass is 16.5. The van der Waals surface area contributed by atoms with E-state index in [2.05, 4.69) is 5.32 Å². The third kappa shape index (κ3) is 4.81. The number of para-hydroxylation sites is 2. The number of hydrogen-bond acceptors (Lipinski definition) is 4. The van der Waals surface area contributed by atoms with Gasteiger partial charge in [-0.2, -0.15) is 0 Å². The molecule has 2 aromatic rings. The predicted molar refractivity (Wildman–Crippen MR) is 90.4 cm³/mol. The molecule has 5 nitrogen and oxygen atoms in total. The number of rotatable bonds is 7. The quantitative estimate of drug-likeness (QED) is 0.824. The molecule has 0 bridgehead atoms. The van der Waals surface area contributed by atoms with Crippen molar-refractivity contribution in [1.82, 2.24) is 0 Å². The van der Waals surface area contributed by atoms with Crippen LogP contribution in [0.5, 0.6) is 5.75 Å². The molecule has 0 aromatic heterocycles. The van der Waals surface area contributed by atoms with Crippen LogP contribution in [0.1, 0.15) is 18.6 Å². The lowest BCUT2D eigenvalue weighted by Gasteiger charge is -2.19. The van der Waals surface area contributed by atoms with E-state index in [1.165, 1.54) is 7.11 Å².